The number of furan rings is 1. The molecule has 2 unspecified atom stereocenters. The highest BCUT2D eigenvalue weighted by atomic mass is 16.5. The smallest absolute Gasteiger partial charge is 0.411 e. The first-order chi connectivity index (χ1) is 17.0. The number of amides is 2. The van der Waals surface area contributed by atoms with Gasteiger partial charge in [-0.05, 0) is 41.0 Å². The van der Waals surface area contributed by atoms with E-state index < -0.39 is 18.0 Å². The van der Waals surface area contributed by atoms with E-state index in [0.717, 1.165) is 35.1 Å². The minimum absolute atomic E-state index is 0.00790. The Hall–Kier alpha value is -4.07. The number of hydrogen-bond acceptors (Lipinski definition) is 5. The summed E-state index contributed by atoms with van der Waals surface area (Å²) in [4.78, 5) is 36.5. The molecule has 180 valence electrons. The van der Waals surface area contributed by atoms with E-state index in [9.17, 15) is 14.4 Å². The Labute approximate surface area is 202 Å². The lowest BCUT2D eigenvalue weighted by atomic mass is 9.98. The van der Waals surface area contributed by atoms with Crippen molar-refractivity contribution in [1.82, 2.24) is 5.32 Å². The van der Waals surface area contributed by atoms with E-state index in [2.05, 4.69) is 22.8 Å². The fourth-order valence-electron chi connectivity index (χ4n) is 5.26. The van der Waals surface area contributed by atoms with Gasteiger partial charge in [0.15, 0.2) is 0 Å². The molecule has 2 aromatic carbocycles. The number of nitrogens with one attached hydrogen (secondary N) is 2. The molecule has 1 saturated carbocycles. The van der Waals surface area contributed by atoms with Gasteiger partial charge in [0.05, 0.1) is 18.4 Å². The normalized spacial score (nSPS) is 18.5. The molecule has 2 atom stereocenters. The van der Waals surface area contributed by atoms with Crippen molar-refractivity contribution in [2.75, 3.05) is 11.9 Å². The van der Waals surface area contributed by atoms with Crippen molar-refractivity contribution in [1.29, 1.82) is 0 Å². The number of anilines is 1. The zero-order valence-corrected chi connectivity index (χ0v) is 19.0. The monoisotopic (exact) mass is 474 g/mol. The highest BCUT2D eigenvalue weighted by Gasteiger charge is 2.32. The van der Waals surface area contributed by atoms with Crippen molar-refractivity contribution in [2.24, 2.45) is 5.92 Å². The van der Waals surface area contributed by atoms with Crippen LogP contribution in [0.25, 0.3) is 11.1 Å². The maximum atomic E-state index is 12.8. The van der Waals surface area contributed by atoms with Crippen LogP contribution in [0.3, 0.4) is 0 Å². The van der Waals surface area contributed by atoms with Crippen LogP contribution >= 0.6 is 0 Å². The highest BCUT2D eigenvalue weighted by Crippen LogP contribution is 2.44. The van der Waals surface area contributed by atoms with Crippen molar-refractivity contribution >= 4 is 23.7 Å². The first kappa shape index (κ1) is 22.7. The van der Waals surface area contributed by atoms with Crippen molar-refractivity contribution in [3.05, 3.63) is 77.7 Å². The molecule has 0 spiro atoms. The fraction of sp³-hybridized carbons (Fsp3) is 0.296. The number of carbonyl (C=O) groups is 3. The van der Waals surface area contributed by atoms with Crippen LogP contribution in [0.15, 0.2) is 65.3 Å². The Bertz CT molecular complexity index is 1220. The van der Waals surface area contributed by atoms with E-state index in [1.165, 1.54) is 12.3 Å². The maximum Gasteiger partial charge on any atom is 0.411 e. The summed E-state index contributed by atoms with van der Waals surface area (Å²) in [6.07, 6.45) is 2.95. The highest BCUT2D eigenvalue weighted by molar-refractivity contribution is 6.00. The van der Waals surface area contributed by atoms with Crippen LogP contribution in [-0.2, 0) is 9.53 Å². The molecule has 1 fully saturated rings. The second-order valence-corrected chi connectivity index (χ2v) is 8.98. The zero-order valence-electron chi connectivity index (χ0n) is 19.0. The van der Waals surface area contributed by atoms with E-state index in [1.54, 1.807) is 0 Å². The third-order valence-electron chi connectivity index (χ3n) is 6.86. The molecule has 0 saturated heterocycles. The van der Waals surface area contributed by atoms with Crippen LogP contribution in [0, 0.1) is 5.92 Å². The van der Waals surface area contributed by atoms with Gasteiger partial charge in [0.25, 0.3) is 5.91 Å². The summed E-state index contributed by atoms with van der Waals surface area (Å²) in [5, 5.41) is 14.6. The lowest BCUT2D eigenvalue weighted by Crippen LogP contribution is -2.38. The number of aliphatic carboxylic acids is 1. The van der Waals surface area contributed by atoms with Gasteiger partial charge in [0.1, 0.15) is 6.61 Å². The number of benzene rings is 2. The Balaban J connectivity index is 1.22. The first-order valence-electron chi connectivity index (χ1n) is 11.7. The van der Waals surface area contributed by atoms with E-state index >= 15 is 0 Å². The maximum absolute atomic E-state index is 12.8. The van der Waals surface area contributed by atoms with Gasteiger partial charge in [-0.1, -0.05) is 55.0 Å². The fourth-order valence-corrected chi connectivity index (χ4v) is 5.26. The molecule has 1 aromatic heterocycles. The molecule has 8 nitrogen and oxygen atoms in total. The number of hydrogen-bond donors (Lipinski definition) is 3. The molecule has 0 aliphatic heterocycles. The summed E-state index contributed by atoms with van der Waals surface area (Å²) in [7, 11) is 0. The quantitative estimate of drug-likeness (QED) is 0.443. The van der Waals surface area contributed by atoms with Crippen LogP contribution in [-0.4, -0.2) is 35.7 Å². The van der Waals surface area contributed by atoms with E-state index in [4.69, 9.17) is 14.3 Å². The minimum Gasteiger partial charge on any atom is -0.481 e. The largest absolute Gasteiger partial charge is 0.481 e. The minimum atomic E-state index is -0.883. The van der Waals surface area contributed by atoms with E-state index in [1.807, 2.05) is 36.4 Å². The molecule has 1 heterocycles. The third kappa shape index (κ3) is 4.64. The average Bonchev–Trinajstić information content (AvgIpc) is 3.56. The number of fused-ring (bicyclic) bond motifs is 3. The van der Waals surface area contributed by atoms with Crippen molar-refractivity contribution in [3.63, 3.8) is 0 Å². The molecule has 3 aromatic rings. The molecule has 8 heteroatoms. The molecular formula is C27H26N2O6. The number of rotatable bonds is 7. The Kier molecular flexibility index (Phi) is 6.27. The van der Waals surface area contributed by atoms with Crippen LogP contribution in [0.4, 0.5) is 10.5 Å². The molecule has 0 radical (unpaired) electrons. The molecule has 2 aliphatic rings. The van der Waals surface area contributed by atoms with E-state index in [0.29, 0.717) is 6.42 Å². The lowest BCUT2D eigenvalue weighted by Gasteiger charge is -2.19. The Morgan fingerprint density at radius 3 is 2.34 bits per heavy atom. The average molecular weight is 475 g/mol. The summed E-state index contributed by atoms with van der Waals surface area (Å²) in [6.45, 7) is 0.151. The Morgan fingerprint density at radius 2 is 1.66 bits per heavy atom. The Morgan fingerprint density at radius 1 is 0.971 bits per heavy atom. The van der Waals surface area contributed by atoms with Crippen molar-refractivity contribution in [2.45, 2.75) is 37.6 Å². The van der Waals surface area contributed by atoms with Gasteiger partial charge in [-0.2, -0.15) is 0 Å². The summed E-state index contributed by atoms with van der Waals surface area (Å²) in [5.74, 6) is -1.61. The zero-order chi connectivity index (χ0) is 24.4. The van der Waals surface area contributed by atoms with Crippen molar-refractivity contribution in [3.8, 4) is 11.1 Å². The lowest BCUT2D eigenvalue weighted by molar-refractivity contribution is -0.138. The number of carboxylic acid groups (broad SMARTS) is 1. The van der Waals surface area contributed by atoms with E-state index in [-0.39, 0.29) is 42.4 Å². The molecular weight excluding hydrogens is 448 g/mol. The van der Waals surface area contributed by atoms with Crippen molar-refractivity contribution < 1.29 is 28.6 Å². The van der Waals surface area contributed by atoms with Gasteiger partial charge in [-0.15, -0.1) is 0 Å². The van der Waals surface area contributed by atoms with Crippen LogP contribution in [0.5, 0.6) is 0 Å². The van der Waals surface area contributed by atoms with Gasteiger partial charge in [-0.25, -0.2) is 4.79 Å². The van der Waals surface area contributed by atoms with Gasteiger partial charge >= 0.3 is 12.1 Å². The topological polar surface area (TPSA) is 118 Å². The first-order valence-corrected chi connectivity index (χ1v) is 11.7. The number of carbonyl (C=O) groups excluding carboxylic acids is 2. The molecule has 5 rings (SSSR count). The summed E-state index contributed by atoms with van der Waals surface area (Å²) in [5.41, 5.74) is 4.69. The summed E-state index contributed by atoms with van der Waals surface area (Å²) < 4.78 is 10.9. The second-order valence-electron chi connectivity index (χ2n) is 8.98. The third-order valence-corrected chi connectivity index (χ3v) is 6.86. The predicted octanol–water partition coefficient (Wildman–Crippen LogP) is 5.01. The van der Waals surface area contributed by atoms with Gasteiger partial charge in [-0.3, -0.25) is 14.9 Å². The van der Waals surface area contributed by atoms with Crippen LogP contribution < -0.4 is 10.6 Å². The molecule has 2 amide bonds. The van der Waals surface area contributed by atoms with Crippen LogP contribution in [0.2, 0.25) is 0 Å². The second kappa shape index (κ2) is 9.66. The van der Waals surface area contributed by atoms with Gasteiger partial charge in [0.2, 0.25) is 5.76 Å². The molecule has 35 heavy (non-hydrogen) atoms. The molecule has 0 bridgehead atoms. The number of ether oxygens (including phenoxy) is 1. The molecule has 3 N–H and O–H groups in total. The molecule has 2 aliphatic carbocycles. The van der Waals surface area contributed by atoms with Gasteiger partial charge in [0, 0.05) is 18.0 Å². The van der Waals surface area contributed by atoms with Crippen LogP contribution in [0.1, 0.15) is 53.3 Å². The number of carboxylic acids is 1. The summed E-state index contributed by atoms with van der Waals surface area (Å²) >= 11 is 0. The standard InChI is InChI=1S/C27H26N2O6/c30-24(31)14-16-6-5-11-22(16)28-26(32)25-23(12-13-34-25)29-27(33)35-15-21-19-9-3-1-7-17(19)18-8-2-4-10-20(18)21/h1-4,7-10,12-13,16,21-22H,5-6,11,14-15H2,(H,28,32)(H,29,33)(H,30,31). The predicted molar refractivity (Wildman–Crippen MR) is 128 cm³/mol. The SMILES string of the molecule is O=C(O)CC1CCCC1NC(=O)c1occc1NC(=O)OCC1c2ccccc2-c2ccccc21. The van der Waals surface area contributed by atoms with Gasteiger partial charge < -0.3 is 19.6 Å². The summed E-state index contributed by atoms with van der Waals surface area (Å²) in [6, 6.07) is 17.4.